The topological polar surface area (TPSA) is 114 Å². The molecule has 0 spiro atoms. The zero-order chi connectivity index (χ0) is 20.6. The van der Waals surface area contributed by atoms with Gasteiger partial charge >= 0.3 is 5.97 Å². The molecule has 148 valence electrons. The van der Waals surface area contributed by atoms with Crippen LogP contribution in [0.5, 0.6) is 0 Å². The molecule has 2 atom stereocenters. The Morgan fingerprint density at radius 3 is 2.00 bits per heavy atom. The smallest absolute Gasteiger partial charge is 0.302 e. The largest absolute Gasteiger partial charge is 0.461 e. The van der Waals surface area contributed by atoms with E-state index in [1.807, 2.05) is 13.8 Å². The van der Waals surface area contributed by atoms with Crippen molar-refractivity contribution in [3.05, 3.63) is 29.8 Å². The second kappa shape index (κ2) is 10.3. The number of amides is 3. The molecule has 3 N–H and O–H groups in total. The summed E-state index contributed by atoms with van der Waals surface area (Å²) in [5, 5.41) is 7.89. The van der Waals surface area contributed by atoms with E-state index >= 15 is 0 Å². The Bertz CT molecular complexity index is 685. The lowest BCUT2D eigenvalue weighted by Gasteiger charge is -2.23. The van der Waals surface area contributed by atoms with E-state index < -0.39 is 18.0 Å². The minimum Gasteiger partial charge on any atom is -0.461 e. The predicted molar refractivity (Wildman–Crippen MR) is 101 cm³/mol. The van der Waals surface area contributed by atoms with Crippen LogP contribution in [0.3, 0.4) is 0 Å². The average molecular weight is 377 g/mol. The van der Waals surface area contributed by atoms with Gasteiger partial charge in [0.25, 0.3) is 0 Å². The molecule has 1 aromatic carbocycles. The average Bonchev–Trinajstić information content (AvgIpc) is 2.58. The van der Waals surface area contributed by atoms with E-state index in [0.717, 1.165) is 5.56 Å². The molecule has 8 heteroatoms. The first kappa shape index (κ1) is 22.1. The van der Waals surface area contributed by atoms with E-state index in [-0.39, 0.29) is 30.3 Å². The fraction of sp³-hybridized carbons (Fsp3) is 0.474. The van der Waals surface area contributed by atoms with Gasteiger partial charge in [0.15, 0.2) is 0 Å². The highest BCUT2D eigenvalue weighted by molar-refractivity contribution is 5.98. The summed E-state index contributed by atoms with van der Waals surface area (Å²) in [7, 11) is 0. The SMILES string of the molecule is CC(=O)N[C@H](C(=O)N[C@@H](C)C(=O)Nc1ccc(COC(C)=O)cc1)C(C)C. The fourth-order valence-corrected chi connectivity index (χ4v) is 2.24. The molecular formula is C19H27N3O5. The number of esters is 1. The summed E-state index contributed by atoms with van der Waals surface area (Å²) < 4.78 is 4.90. The Labute approximate surface area is 159 Å². The summed E-state index contributed by atoms with van der Waals surface area (Å²) in [6.07, 6.45) is 0. The van der Waals surface area contributed by atoms with Gasteiger partial charge in [0.1, 0.15) is 18.7 Å². The first-order valence-corrected chi connectivity index (χ1v) is 8.70. The molecule has 0 radical (unpaired) electrons. The third-order valence-electron chi connectivity index (χ3n) is 3.72. The fourth-order valence-electron chi connectivity index (χ4n) is 2.24. The van der Waals surface area contributed by atoms with Gasteiger partial charge in [-0.25, -0.2) is 0 Å². The van der Waals surface area contributed by atoms with Gasteiger partial charge in [-0.2, -0.15) is 0 Å². The van der Waals surface area contributed by atoms with Crippen LogP contribution in [-0.2, 0) is 30.5 Å². The molecule has 0 aliphatic rings. The van der Waals surface area contributed by atoms with Crippen LogP contribution in [0.4, 0.5) is 5.69 Å². The normalized spacial score (nSPS) is 12.7. The molecule has 0 saturated carbocycles. The lowest BCUT2D eigenvalue weighted by Crippen LogP contribution is -2.53. The second-order valence-corrected chi connectivity index (χ2v) is 6.62. The number of hydrogen-bond donors (Lipinski definition) is 3. The lowest BCUT2D eigenvalue weighted by molar-refractivity contribution is -0.142. The summed E-state index contributed by atoms with van der Waals surface area (Å²) >= 11 is 0. The van der Waals surface area contributed by atoms with Crippen molar-refractivity contribution in [1.82, 2.24) is 10.6 Å². The Kier molecular flexibility index (Phi) is 8.44. The van der Waals surface area contributed by atoms with E-state index in [1.54, 1.807) is 31.2 Å². The van der Waals surface area contributed by atoms with Crippen molar-refractivity contribution in [3.63, 3.8) is 0 Å². The van der Waals surface area contributed by atoms with Crippen molar-refractivity contribution in [3.8, 4) is 0 Å². The number of rotatable bonds is 8. The highest BCUT2D eigenvalue weighted by atomic mass is 16.5. The monoisotopic (exact) mass is 377 g/mol. The van der Waals surface area contributed by atoms with Gasteiger partial charge in [-0.15, -0.1) is 0 Å². The number of nitrogens with one attached hydrogen (secondary N) is 3. The molecule has 27 heavy (non-hydrogen) atoms. The summed E-state index contributed by atoms with van der Waals surface area (Å²) in [4.78, 5) is 46.6. The summed E-state index contributed by atoms with van der Waals surface area (Å²) in [5.74, 6) is -1.60. The molecule has 0 saturated heterocycles. The Hall–Kier alpha value is -2.90. The van der Waals surface area contributed by atoms with E-state index in [0.29, 0.717) is 5.69 Å². The number of hydrogen-bond acceptors (Lipinski definition) is 5. The lowest BCUT2D eigenvalue weighted by atomic mass is 10.0. The van der Waals surface area contributed by atoms with Crippen molar-refractivity contribution in [2.75, 3.05) is 5.32 Å². The van der Waals surface area contributed by atoms with Crippen LogP contribution in [0, 0.1) is 5.92 Å². The van der Waals surface area contributed by atoms with E-state index in [1.165, 1.54) is 13.8 Å². The van der Waals surface area contributed by atoms with Crippen LogP contribution in [0.25, 0.3) is 0 Å². The molecule has 0 unspecified atom stereocenters. The first-order valence-electron chi connectivity index (χ1n) is 8.70. The summed E-state index contributed by atoms with van der Waals surface area (Å²) in [5.41, 5.74) is 1.34. The first-order chi connectivity index (χ1) is 12.6. The molecule has 1 aromatic rings. The number of anilines is 1. The molecule has 0 fully saturated rings. The Morgan fingerprint density at radius 2 is 1.52 bits per heavy atom. The molecule has 0 aromatic heterocycles. The Morgan fingerprint density at radius 1 is 0.926 bits per heavy atom. The highest BCUT2D eigenvalue weighted by Crippen LogP contribution is 2.11. The van der Waals surface area contributed by atoms with Gasteiger partial charge in [0.05, 0.1) is 0 Å². The molecule has 3 amide bonds. The number of ether oxygens (including phenoxy) is 1. The van der Waals surface area contributed by atoms with Crippen LogP contribution in [0.15, 0.2) is 24.3 Å². The maximum Gasteiger partial charge on any atom is 0.302 e. The van der Waals surface area contributed by atoms with Crippen molar-refractivity contribution >= 4 is 29.4 Å². The zero-order valence-corrected chi connectivity index (χ0v) is 16.3. The third kappa shape index (κ3) is 7.89. The predicted octanol–water partition coefficient (Wildman–Crippen LogP) is 1.35. The standard InChI is InChI=1S/C19H27N3O5/c1-11(2)17(21-13(4)23)19(26)20-12(3)18(25)22-16-8-6-15(7-9-16)10-27-14(5)24/h6-9,11-12,17H,10H2,1-5H3,(H,20,26)(H,21,23)(H,22,25)/t12-,17-/m0/s1. The van der Waals surface area contributed by atoms with Gasteiger partial charge in [-0.05, 0) is 30.5 Å². The molecule has 0 aliphatic carbocycles. The van der Waals surface area contributed by atoms with Crippen LogP contribution in [-0.4, -0.2) is 35.8 Å². The summed E-state index contributed by atoms with van der Waals surface area (Å²) in [6, 6.07) is 5.33. The third-order valence-corrected chi connectivity index (χ3v) is 3.72. The van der Waals surface area contributed by atoms with Crippen molar-refractivity contribution < 1.29 is 23.9 Å². The van der Waals surface area contributed by atoms with Gasteiger partial charge in [-0.1, -0.05) is 26.0 Å². The van der Waals surface area contributed by atoms with Crippen LogP contribution >= 0.6 is 0 Å². The molecule has 0 heterocycles. The van der Waals surface area contributed by atoms with Gasteiger partial charge in [0, 0.05) is 19.5 Å². The maximum absolute atomic E-state index is 12.3. The number of carbonyl (C=O) groups excluding carboxylic acids is 4. The van der Waals surface area contributed by atoms with Crippen LogP contribution < -0.4 is 16.0 Å². The van der Waals surface area contributed by atoms with Gasteiger partial charge < -0.3 is 20.7 Å². The molecular weight excluding hydrogens is 350 g/mol. The summed E-state index contributed by atoms with van der Waals surface area (Å²) in [6.45, 7) is 8.01. The highest BCUT2D eigenvalue weighted by Gasteiger charge is 2.26. The minimum atomic E-state index is -0.784. The molecule has 0 bridgehead atoms. The number of benzene rings is 1. The second-order valence-electron chi connectivity index (χ2n) is 6.62. The molecule has 8 nitrogen and oxygen atoms in total. The van der Waals surface area contributed by atoms with Gasteiger partial charge in [-0.3, -0.25) is 19.2 Å². The minimum absolute atomic E-state index is 0.117. The molecule has 1 rings (SSSR count). The zero-order valence-electron chi connectivity index (χ0n) is 16.3. The van der Waals surface area contributed by atoms with Gasteiger partial charge in [0.2, 0.25) is 17.7 Å². The van der Waals surface area contributed by atoms with E-state index in [2.05, 4.69) is 16.0 Å². The number of carbonyl (C=O) groups is 4. The van der Waals surface area contributed by atoms with E-state index in [4.69, 9.17) is 4.74 Å². The van der Waals surface area contributed by atoms with Crippen LogP contribution in [0.1, 0.15) is 40.2 Å². The van der Waals surface area contributed by atoms with Crippen LogP contribution in [0.2, 0.25) is 0 Å². The van der Waals surface area contributed by atoms with Crippen molar-refractivity contribution in [1.29, 1.82) is 0 Å². The maximum atomic E-state index is 12.3. The van der Waals surface area contributed by atoms with E-state index in [9.17, 15) is 19.2 Å². The quantitative estimate of drug-likeness (QED) is 0.592. The van der Waals surface area contributed by atoms with Crippen molar-refractivity contribution in [2.45, 2.75) is 53.3 Å². The molecule has 0 aliphatic heterocycles. The van der Waals surface area contributed by atoms with Crippen molar-refractivity contribution in [2.24, 2.45) is 5.92 Å². The Balaban J connectivity index is 2.61.